The second kappa shape index (κ2) is 6.34. The second-order valence-electron chi connectivity index (χ2n) is 6.00. The Labute approximate surface area is 134 Å². The number of nitrogens with zero attached hydrogens (tertiary/aromatic N) is 2. The smallest absolute Gasteiger partial charge is 0.335 e. The fourth-order valence-corrected chi connectivity index (χ4v) is 2.84. The highest BCUT2D eigenvalue weighted by Gasteiger charge is 2.23. The molecule has 6 heteroatoms. The number of fused-ring (bicyclic) bond motifs is 1. The summed E-state index contributed by atoms with van der Waals surface area (Å²) in [6.45, 7) is 1.84. The molecule has 1 saturated heterocycles. The van der Waals surface area contributed by atoms with Crippen molar-refractivity contribution in [1.82, 2.24) is 9.88 Å². The molecule has 0 aliphatic carbocycles. The van der Waals surface area contributed by atoms with Crippen molar-refractivity contribution >= 4 is 28.5 Å². The molecule has 6 nitrogen and oxygen atoms in total. The number of carboxylic acid groups (broad SMARTS) is 1. The van der Waals surface area contributed by atoms with Gasteiger partial charge in [0.05, 0.1) is 5.56 Å². The highest BCUT2D eigenvalue weighted by atomic mass is 16.4. The number of carbonyl (C=O) groups is 2. The Morgan fingerprint density at radius 3 is 2.65 bits per heavy atom. The largest absolute Gasteiger partial charge is 0.478 e. The standard InChI is InChI=1S/C17H19N3O3/c1-20-6-4-11(5-7-20)16(21)19-15-9-14-8-12(17(22)23)2-3-13(14)10-18-15/h2-3,8-11H,4-7H2,1H3,(H,22,23)(H,18,19,21). The number of nitrogens with one attached hydrogen (secondary N) is 1. The van der Waals surface area contributed by atoms with Crippen molar-refractivity contribution in [3.8, 4) is 0 Å². The molecule has 1 aliphatic rings. The summed E-state index contributed by atoms with van der Waals surface area (Å²) in [4.78, 5) is 29.8. The van der Waals surface area contributed by atoms with E-state index in [2.05, 4.69) is 22.2 Å². The molecule has 1 amide bonds. The van der Waals surface area contributed by atoms with Crippen molar-refractivity contribution in [3.63, 3.8) is 0 Å². The van der Waals surface area contributed by atoms with Crippen LogP contribution in [0.2, 0.25) is 0 Å². The number of carbonyl (C=O) groups excluding carboxylic acids is 1. The van der Waals surface area contributed by atoms with Gasteiger partial charge in [-0.3, -0.25) is 4.79 Å². The van der Waals surface area contributed by atoms with Crippen LogP contribution in [0, 0.1) is 5.92 Å². The van der Waals surface area contributed by atoms with Gasteiger partial charge in [-0.25, -0.2) is 9.78 Å². The lowest BCUT2D eigenvalue weighted by atomic mass is 9.96. The third-order valence-corrected chi connectivity index (χ3v) is 4.31. The molecule has 2 heterocycles. The fraction of sp³-hybridized carbons (Fsp3) is 0.353. The monoisotopic (exact) mass is 313 g/mol. The van der Waals surface area contributed by atoms with Crippen LogP contribution in [-0.4, -0.2) is 47.0 Å². The lowest BCUT2D eigenvalue weighted by Crippen LogP contribution is -2.36. The summed E-state index contributed by atoms with van der Waals surface area (Å²) in [5.41, 5.74) is 0.219. The molecular formula is C17H19N3O3. The zero-order chi connectivity index (χ0) is 16.4. The van der Waals surface area contributed by atoms with E-state index >= 15 is 0 Å². The van der Waals surface area contributed by atoms with Gasteiger partial charge in [0, 0.05) is 17.5 Å². The molecule has 0 radical (unpaired) electrons. The normalized spacial score (nSPS) is 16.4. The minimum atomic E-state index is -0.972. The summed E-state index contributed by atoms with van der Waals surface area (Å²) in [7, 11) is 2.05. The minimum Gasteiger partial charge on any atom is -0.478 e. The average molecular weight is 313 g/mol. The molecule has 23 heavy (non-hydrogen) atoms. The SMILES string of the molecule is CN1CCC(C(=O)Nc2cc3cc(C(=O)O)ccc3cn2)CC1. The molecule has 1 aliphatic heterocycles. The number of rotatable bonds is 3. The predicted molar refractivity (Wildman–Crippen MR) is 87.6 cm³/mol. The van der Waals surface area contributed by atoms with Crippen LogP contribution < -0.4 is 5.32 Å². The Hall–Kier alpha value is -2.47. The molecule has 0 spiro atoms. The molecule has 0 unspecified atom stereocenters. The first-order chi connectivity index (χ1) is 11.0. The van der Waals surface area contributed by atoms with Crippen LogP contribution in [0.3, 0.4) is 0 Å². The topological polar surface area (TPSA) is 82.5 Å². The molecule has 3 rings (SSSR count). The van der Waals surface area contributed by atoms with Gasteiger partial charge in [-0.2, -0.15) is 0 Å². The van der Waals surface area contributed by atoms with E-state index in [-0.39, 0.29) is 17.4 Å². The van der Waals surface area contributed by atoms with Crippen LogP contribution in [0.5, 0.6) is 0 Å². The number of hydrogen-bond acceptors (Lipinski definition) is 4. The van der Waals surface area contributed by atoms with Crippen molar-refractivity contribution in [1.29, 1.82) is 0 Å². The van der Waals surface area contributed by atoms with Crippen LogP contribution in [0.4, 0.5) is 5.82 Å². The van der Waals surface area contributed by atoms with E-state index in [1.165, 1.54) is 0 Å². The van der Waals surface area contributed by atoms with Gasteiger partial charge in [0.1, 0.15) is 5.82 Å². The number of piperidine rings is 1. The van der Waals surface area contributed by atoms with E-state index in [9.17, 15) is 9.59 Å². The molecule has 0 bridgehead atoms. The van der Waals surface area contributed by atoms with Crippen molar-refractivity contribution < 1.29 is 14.7 Å². The number of hydrogen-bond donors (Lipinski definition) is 2. The van der Waals surface area contributed by atoms with E-state index in [0.717, 1.165) is 36.7 Å². The molecule has 120 valence electrons. The van der Waals surface area contributed by atoms with Gasteiger partial charge in [-0.1, -0.05) is 6.07 Å². The average Bonchev–Trinajstić information content (AvgIpc) is 2.54. The minimum absolute atomic E-state index is 0.00838. The number of benzene rings is 1. The Kier molecular flexibility index (Phi) is 4.25. The van der Waals surface area contributed by atoms with Gasteiger partial charge in [0.15, 0.2) is 0 Å². The zero-order valence-electron chi connectivity index (χ0n) is 13.0. The van der Waals surface area contributed by atoms with E-state index in [1.54, 1.807) is 30.5 Å². The summed E-state index contributed by atoms with van der Waals surface area (Å²) in [5, 5.41) is 13.5. The fourth-order valence-electron chi connectivity index (χ4n) is 2.84. The molecule has 2 aromatic rings. The van der Waals surface area contributed by atoms with Crippen molar-refractivity contribution in [2.24, 2.45) is 5.92 Å². The van der Waals surface area contributed by atoms with Crippen LogP contribution in [0.25, 0.3) is 10.8 Å². The van der Waals surface area contributed by atoms with E-state index in [0.29, 0.717) is 5.82 Å². The molecular weight excluding hydrogens is 294 g/mol. The quantitative estimate of drug-likeness (QED) is 0.908. The zero-order valence-corrected chi connectivity index (χ0v) is 13.0. The van der Waals surface area contributed by atoms with Gasteiger partial charge in [-0.05, 0) is 56.6 Å². The van der Waals surface area contributed by atoms with Crippen molar-refractivity contribution in [2.75, 3.05) is 25.5 Å². The molecule has 1 aromatic heterocycles. The highest BCUT2D eigenvalue weighted by molar-refractivity contribution is 5.97. The Bertz CT molecular complexity index is 752. The number of pyridine rings is 1. The first kappa shape index (κ1) is 15.4. The van der Waals surface area contributed by atoms with Crippen LogP contribution in [0.15, 0.2) is 30.5 Å². The van der Waals surface area contributed by atoms with Crippen molar-refractivity contribution in [3.05, 3.63) is 36.0 Å². The van der Waals surface area contributed by atoms with Crippen LogP contribution >= 0.6 is 0 Å². The first-order valence-corrected chi connectivity index (χ1v) is 7.65. The molecule has 0 atom stereocenters. The molecule has 0 saturated carbocycles. The Balaban J connectivity index is 1.77. The number of carboxylic acids is 1. The third-order valence-electron chi connectivity index (χ3n) is 4.31. The van der Waals surface area contributed by atoms with Gasteiger partial charge in [0.2, 0.25) is 5.91 Å². The summed E-state index contributed by atoms with van der Waals surface area (Å²) >= 11 is 0. The molecule has 1 fully saturated rings. The Morgan fingerprint density at radius 1 is 1.22 bits per heavy atom. The van der Waals surface area contributed by atoms with Gasteiger partial charge >= 0.3 is 5.97 Å². The highest BCUT2D eigenvalue weighted by Crippen LogP contribution is 2.21. The number of aromatic nitrogens is 1. The maximum absolute atomic E-state index is 12.3. The van der Waals surface area contributed by atoms with Gasteiger partial charge in [-0.15, -0.1) is 0 Å². The summed E-state index contributed by atoms with van der Waals surface area (Å²) in [6, 6.07) is 6.57. The van der Waals surface area contributed by atoms with Gasteiger partial charge in [0.25, 0.3) is 0 Å². The molecule has 2 N–H and O–H groups in total. The summed E-state index contributed by atoms with van der Waals surface area (Å²) < 4.78 is 0. The number of amides is 1. The number of likely N-dealkylation sites (tertiary alicyclic amines) is 1. The number of anilines is 1. The predicted octanol–water partition coefficient (Wildman–Crippen LogP) is 2.21. The van der Waals surface area contributed by atoms with E-state index in [1.807, 2.05) is 0 Å². The van der Waals surface area contributed by atoms with E-state index in [4.69, 9.17) is 5.11 Å². The maximum Gasteiger partial charge on any atom is 0.335 e. The van der Waals surface area contributed by atoms with Gasteiger partial charge < -0.3 is 15.3 Å². The third kappa shape index (κ3) is 3.48. The van der Waals surface area contributed by atoms with Crippen LogP contribution in [-0.2, 0) is 4.79 Å². The second-order valence-corrected chi connectivity index (χ2v) is 6.00. The Morgan fingerprint density at radius 2 is 1.96 bits per heavy atom. The lowest BCUT2D eigenvalue weighted by Gasteiger charge is -2.27. The van der Waals surface area contributed by atoms with Crippen molar-refractivity contribution in [2.45, 2.75) is 12.8 Å². The number of aromatic carboxylic acids is 1. The first-order valence-electron chi connectivity index (χ1n) is 7.65. The summed E-state index contributed by atoms with van der Waals surface area (Å²) in [6.07, 6.45) is 3.34. The lowest BCUT2D eigenvalue weighted by molar-refractivity contribution is -0.121. The molecule has 1 aromatic carbocycles. The summed E-state index contributed by atoms with van der Waals surface area (Å²) in [5.74, 6) is -0.516. The van der Waals surface area contributed by atoms with E-state index < -0.39 is 5.97 Å². The maximum atomic E-state index is 12.3. The van der Waals surface area contributed by atoms with Crippen LogP contribution in [0.1, 0.15) is 23.2 Å².